The number of nitrogens with one attached hydrogen (secondary N) is 2. The van der Waals surface area contributed by atoms with Crippen molar-refractivity contribution in [1.82, 2.24) is 15.3 Å². The number of nitrogens with zero attached hydrogens (tertiary/aromatic N) is 3. The number of piperidine rings is 1. The van der Waals surface area contributed by atoms with Crippen molar-refractivity contribution in [2.75, 3.05) is 30.5 Å². The lowest BCUT2D eigenvalue weighted by Crippen LogP contribution is -2.42. The summed E-state index contributed by atoms with van der Waals surface area (Å²) in [6.45, 7) is 3.50. The minimum atomic E-state index is 0.0161. The van der Waals surface area contributed by atoms with Gasteiger partial charge in [-0.2, -0.15) is 0 Å². The fourth-order valence-electron chi connectivity index (χ4n) is 2.49. The minimum Gasteiger partial charge on any atom is -0.359 e. The Labute approximate surface area is 112 Å². The summed E-state index contributed by atoms with van der Waals surface area (Å²) in [4.78, 5) is 22.3. The Hall–Kier alpha value is -1.89. The summed E-state index contributed by atoms with van der Waals surface area (Å²) in [5.41, 5.74) is 3.47. The number of rotatable bonds is 3. The Bertz CT molecular complexity index is 464. The first-order valence-corrected chi connectivity index (χ1v) is 6.42. The molecule has 1 amide bonds. The molecule has 1 aromatic rings. The van der Waals surface area contributed by atoms with E-state index in [1.165, 1.54) is 6.33 Å². The Morgan fingerprint density at radius 1 is 1.53 bits per heavy atom. The molecule has 1 unspecified atom stereocenters. The first-order valence-electron chi connectivity index (χ1n) is 6.42. The molecular weight excluding hydrogens is 244 g/mol. The van der Waals surface area contributed by atoms with Gasteiger partial charge in [-0.25, -0.2) is 15.8 Å². The SMILES string of the molecule is CNC(=O)C1CCCN(c2ncnc(NN)c2C)C1. The molecule has 1 atom stereocenters. The van der Waals surface area contributed by atoms with E-state index < -0.39 is 0 Å². The van der Waals surface area contributed by atoms with E-state index >= 15 is 0 Å². The molecule has 0 saturated carbocycles. The van der Waals surface area contributed by atoms with Crippen molar-refractivity contribution in [3.05, 3.63) is 11.9 Å². The Morgan fingerprint density at radius 3 is 3.00 bits per heavy atom. The molecule has 19 heavy (non-hydrogen) atoms. The van der Waals surface area contributed by atoms with Crippen molar-refractivity contribution in [1.29, 1.82) is 0 Å². The summed E-state index contributed by atoms with van der Waals surface area (Å²) in [6.07, 6.45) is 3.39. The van der Waals surface area contributed by atoms with Gasteiger partial charge in [0.25, 0.3) is 0 Å². The molecule has 0 bridgehead atoms. The number of hydrogen-bond donors (Lipinski definition) is 3. The van der Waals surface area contributed by atoms with Crippen LogP contribution >= 0.6 is 0 Å². The number of nitrogen functional groups attached to an aromatic ring is 1. The zero-order valence-corrected chi connectivity index (χ0v) is 11.3. The number of hydrazine groups is 1. The van der Waals surface area contributed by atoms with Crippen LogP contribution in [-0.4, -0.2) is 36.0 Å². The normalized spacial score (nSPS) is 19.1. The average Bonchev–Trinajstić information content (AvgIpc) is 2.46. The molecule has 0 spiro atoms. The van der Waals surface area contributed by atoms with Gasteiger partial charge in [0.1, 0.15) is 18.0 Å². The van der Waals surface area contributed by atoms with Crippen LogP contribution in [0.1, 0.15) is 18.4 Å². The maximum Gasteiger partial charge on any atom is 0.224 e. The van der Waals surface area contributed by atoms with Crippen LogP contribution in [0.25, 0.3) is 0 Å². The molecule has 1 fully saturated rings. The molecule has 4 N–H and O–H groups in total. The van der Waals surface area contributed by atoms with Crippen LogP contribution in [0.2, 0.25) is 0 Å². The Morgan fingerprint density at radius 2 is 2.32 bits per heavy atom. The highest BCUT2D eigenvalue weighted by Crippen LogP contribution is 2.26. The molecule has 2 rings (SSSR count). The van der Waals surface area contributed by atoms with Gasteiger partial charge < -0.3 is 15.6 Å². The monoisotopic (exact) mass is 264 g/mol. The third-order valence-corrected chi connectivity index (χ3v) is 3.53. The van der Waals surface area contributed by atoms with Crippen molar-refractivity contribution in [3.8, 4) is 0 Å². The van der Waals surface area contributed by atoms with E-state index in [0.717, 1.165) is 30.8 Å². The zero-order chi connectivity index (χ0) is 13.8. The minimum absolute atomic E-state index is 0.0161. The van der Waals surface area contributed by atoms with Crippen LogP contribution in [0.3, 0.4) is 0 Å². The van der Waals surface area contributed by atoms with Crippen LogP contribution in [0.5, 0.6) is 0 Å². The quantitative estimate of drug-likeness (QED) is 0.526. The van der Waals surface area contributed by atoms with Crippen LogP contribution in [0, 0.1) is 12.8 Å². The van der Waals surface area contributed by atoms with Crippen molar-refractivity contribution in [3.63, 3.8) is 0 Å². The summed E-state index contributed by atoms with van der Waals surface area (Å²) in [7, 11) is 1.67. The fraction of sp³-hybridized carbons (Fsp3) is 0.583. The molecule has 0 radical (unpaired) electrons. The molecule has 1 saturated heterocycles. The molecule has 0 aliphatic carbocycles. The maximum atomic E-state index is 11.7. The van der Waals surface area contributed by atoms with Gasteiger partial charge in [-0.3, -0.25) is 4.79 Å². The summed E-state index contributed by atoms with van der Waals surface area (Å²) in [5, 5.41) is 2.71. The highest BCUT2D eigenvalue weighted by Gasteiger charge is 2.27. The third-order valence-electron chi connectivity index (χ3n) is 3.53. The van der Waals surface area contributed by atoms with Gasteiger partial charge in [0.15, 0.2) is 0 Å². The van der Waals surface area contributed by atoms with Gasteiger partial charge in [-0.1, -0.05) is 0 Å². The van der Waals surface area contributed by atoms with Crippen LogP contribution < -0.4 is 21.5 Å². The topological polar surface area (TPSA) is 96.2 Å². The second-order valence-corrected chi connectivity index (χ2v) is 4.71. The van der Waals surface area contributed by atoms with Crippen LogP contribution in [0.4, 0.5) is 11.6 Å². The fourth-order valence-corrected chi connectivity index (χ4v) is 2.49. The molecule has 7 heteroatoms. The molecule has 0 aromatic carbocycles. The smallest absolute Gasteiger partial charge is 0.224 e. The first-order chi connectivity index (χ1) is 9.17. The van der Waals surface area contributed by atoms with E-state index in [-0.39, 0.29) is 11.8 Å². The predicted molar refractivity (Wildman–Crippen MR) is 73.6 cm³/mol. The van der Waals surface area contributed by atoms with Gasteiger partial charge in [-0.05, 0) is 19.8 Å². The highest BCUT2D eigenvalue weighted by atomic mass is 16.1. The highest BCUT2D eigenvalue weighted by molar-refractivity contribution is 5.79. The van der Waals surface area contributed by atoms with Crippen molar-refractivity contribution < 1.29 is 4.79 Å². The van der Waals surface area contributed by atoms with Crippen molar-refractivity contribution in [2.24, 2.45) is 11.8 Å². The summed E-state index contributed by atoms with van der Waals surface area (Å²) in [6, 6.07) is 0. The van der Waals surface area contributed by atoms with E-state index in [1.54, 1.807) is 7.05 Å². The Kier molecular flexibility index (Phi) is 4.16. The number of amides is 1. The summed E-state index contributed by atoms with van der Waals surface area (Å²) >= 11 is 0. The van der Waals surface area contributed by atoms with E-state index in [4.69, 9.17) is 5.84 Å². The number of carbonyl (C=O) groups excluding carboxylic acids is 1. The molecule has 104 valence electrons. The largest absolute Gasteiger partial charge is 0.359 e. The number of anilines is 2. The van der Waals surface area contributed by atoms with E-state index in [1.807, 2.05) is 6.92 Å². The standard InChI is InChI=1S/C12H20N6O/c1-8-10(17-13)15-7-16-11(8)18-5-3-4-9(6-18)12(19)14-2/h7,9H,3-6,13H2,1-2H3,(H,14,19)(H,15,16,17). The number of carbonyl (C=O) groups is 1. The lowest BCUT2D eigenvalue weighted by molar-refractivity contribution is -0.124. The summed E-state index contributed by atoms with van der Waals surface area (Å²) < 4.78 is 0. The summed E-state index contributed by atoms with van der Waals surface area (Å²) in [5.74, 6) is 6.99. The first kappa shape index (κ1) is 13.5. The second-order valence-electron chi connectivity index (χ2n) is 4.71. The van der Waals surface area contributed by atoms with Crippen LogP contribution in [-0.2, 0) is 4.79 Å². The number of nitrogens with two attached hydrogens (primary N) is 1. The van der Waals surface area contributed by atoms with E-state index in [2.05, 4.69) is 25.6 Å². The average molecular weight is 264 g/mol. The molecular formula is C12H20N6O. The Balaban J connectivity index is 2.20. The van der Waals surface area contributed by atoms with Gasteiger partial charge in [0.2, 0.25) is 5.91 Å². The zero-order valence-electron chi connectivity index (χ0n) is 11.3. The van der Waals surface area contributed by atoms with Gasteiger partial charge >= 0.3 is 0 Å². The predicted octanol–water partition coefficient (Wildman–Crippen LogP) is 0.0330. The van der Waals surface area contributed by atoms with E-state index in [0.29, 0.717) is 12.4 Å². The lowest BCUT2D eigenvalue weighted by atomic mass is 9.97. The maximum absolute atomic E-state index is 11.7. The molecule has 2 heterocycles. The van der Waals surface area contributed by atoms with Gasteiger partial charge in [0.05, 0.1) is 5.92 Å². The lowest BCUT2D eigenvalue weighted by Gasteiger charge is -2.33. The van der Waals surface area contributed by atoms with Crippen LogP contribution in [0.15, 0.2) is 6.33 Å². The third kappa shape index (κ3) is 2.76. The van der Waals surface area contributed by atoms with Crippen molar-refractivity contribution >= 4 is 17.5 Å². The van der Waals surface area contributed by atoms with E-state index in [9.17, 15) is 4.79 Å². The number of aromatic nitrogens is 2. The van der Waals surface area contributed by atoms with Gasteiger partial charge in [-0.15, -0.1) is 0 Å². The molecule has 1 aliphatic rings. The second kappa shape index (κ2) is 5.83. The number of hydrogen-bond acceptors (Lipinski definition) is 6. The van der Waals surface area contributed by atoms with Crippen molar-refractivity contribution in [2.45, 2.75) is 19.8 Å². The van der Waals surface area contributed by atoms with Gasteiger partial charge in [0, 0.05) is 25.7 Å². The molecule has 1 aromatic heterocycles. The molecule has 1 aliphatic heterocycles. The molecule has 7 nitrogen and oxygen atoms in total.